The third-order valence-corrected chi connectivity index (χ3v) is 16.7. The maximum atomic E-state index is 12.2. The van der Waals surface area contributed by atoms with E-state index in [9.17, 15) is 30.6 Å². The number of phenols is 6. The Kier molecular flexibility index (Phi) is 16.0. The quantitative estimate of drug-likeness (QED) is 0.0813. The molecule has 0 amide bonds. The van der Waals surface area contributed by atoms with Crippen molar-refractivity contribution in [2.24, 2.45) is 0 Å². The molecule has 6 aromatic rings. The van der Waals surface area contributed by atoms with Crippen LogP contribution in [0.15, 0.2) is 72.8 Å². The van der Waals surface area contributed by atoms with Crippen molar-refractivity contribution in [1.82, 2.24) is 0 Å². The lowest BCUT2D eigenvalue weighted by atomic mass is 9.55. The molecule has 6 heteroatoms. The van der Waals surface area contributed by atoms with Gasteiger partial charge in [-0.25, -0.2) is 0 Å². The van der Waals surface area contributed by atoms with Gasteiger partial charge in [0, 0.05) is 17.3 Å². The fourth-order valence-electron chi connectivity index (χ4n) is 12.6. The van der Waals surface area contributed by atoms with Gasteiger partial charge in [0.25, 0.3) is 0 Å². The smallest absolute Gasteiger partial charge is 0.119 e. The van der Waals surface area contributed by atoms with Gasteiger partial charge >= 0.3 is 0 Å². The van der Waals surface area contributed by atoms with E-state index in [0.29, 0.717) is 12.8 Å². The molecule has 6 aromatic carbocycles. The number of hydrogen-bond acceptors (Lipinski definition) is 6. The molecule has 0 aliphatic carbocycles. The van der Waals surface area contributed by atoms with E-state index in [2.05, 4.69) is 203 Å². The molecule has 0 aliphatic rings. The first-order valence-electron chi connectivity index (χ1n) is 28.0. The summed E-state index contributed by atoms with van der Waals surface area (Å²) in [7, 11) is 0. The van der Waals surface area contributed by atoms with Crippen molar-refractivity contribution in [1.29, 1.82) is 0 Å². The molecule has 0 spiro atoms. The van der Waals surface area contributed by atoms with Gasteiger partial charge in [-0.1, -0.05) is 161 Å². The lowest BCUT2D eigenvalue weighted by Crippen LogP contribution is -2.40. The monoisotopic (exact) mass is 1040 g/mol. The summed E-state index contributed by atoms with van der Waals surface area (Å²) < 4.78 is 0. The van der Waals surface area contributed by atoms with E-state index in [1.807, 2.05) is 36.4 Å². The highest BCUT2D eigenvalue weighted by Gasteiger charge is 2.49. The largest absolute Gasteiger partial charge is 0.508 e. The maximum Gasteiger partial charge on any atom is 0.119 e. The Morgan fingerprint density at radius 1 is 0.273 bits per heavy atom. The lowest BCUT2D eigenvalue weighted by molar-refractivity contribution is 0.380. The highest BCUT2D eigenvalue weighted by Crippen LogP contribution is 2.59. The second kappa shape index (κ2) is 20.4. The first-order chi connectivity index (χ1) is 34.9. The molecule has 6 N–H and O–H groups in total. The summed E-state index contributed by atoms with van der Waals surface area (Å²) >= 11 is 0. The van der Waals surface area contributed by atoms with Gasteiger partial charge in [-0.3, -0.25) is 0 Å². The molecule has 0 aliphatic heterocycles. The summed E-state index contributed by atoms with van der Waals surface area (Å²) in [5.41, 5.74) is 12.9. The number of benzene rings is 6. The molecule has 6 nitrogen and oxygen atoms in total. The number of phenolic OH excluding ortho intramolecular Hbond substituents is 6. The predicted octanol–water partition coefficient (Wildman–Crippen LogP) is 18.3. The van der Waals surface area contributed by atoms with E-state index in [4.69, 9.17) is 0 Å². The minimum absolute atomic E-state index is 0.218. The van der Waals surface area contributed by atoms with Crippen LogP contribution in [0.3, 0.4) is 0 Å². The van der Waals surface area contributed by atoms with E-state index in [1.165, 1.54) is 0 Å². The van der Waals surface area contributed by atoms with Crippen LogP contribution < -0.4 is 0 Å². The summed E-state index contributed by atoms with van der Waals surface area (Å²) in [6, 6.07) is 24.9. The molecular weight excluding hydrogens is 949 g/mol. The topological polar surface area (TPSA) is 121 Å². The van der Waals surface area contributed by atoms with Gasteiger partial charge in [-0.05, 0) is 223 Å². The van der Waals surface area contributed by atoms with Crippen molar-refractivity contribution >= 4 is 0 Å². The minimum Gasteiger partial charge on any atom is -0.508 e. The lowest BCUT2D eigenvalue weighted by Gasteiger charge is -2.48. The van der Waals surface area contributed by atoms with Crippen LogP contribution in [-0.2, 0) is 37.9 Å². The zero-order valence-electron chi connectivity index (χ0n) is 51.7. The Labute approximate surface area is 464 Å². The standard InChI is InChI=1S/C71H96O6/c1-39-27-58(72)52(65(7,8)9)33-46(39)45(47-34-53(66(10,11)12)59(73)28-40(47)2)25-26-71(50-37-56(69(19,20)21)62(76)31-43(50)5,51-38-57(70(22,23)24)63(77)32-44(51)6)64(48-35-54(67(13,14)15)60(74)29-41(48)3)49-36-55(68(16,17)18)61(75)30-42(49)4/h27-38,45,64,72-77H,25-26H2,1-24H3. The molecule has 0 saturated heterocycles. The SMILES string of the molecule is Cc1cc(O)c(C(C)(C)C)cc1C(CCC(c1cc(C(C)(C)C)c(O)cc1C)(c1cc(C(C)(C)C)c(O)cc1C)C(c1cc(C(C)(C)C)c(O)cc1C)c1cc(C(C)(C)C)c(O)cc1C)c1cc(C(C)(C)C)c(O)cc1C. The van der Waals surface area contributed by atoms with Gasteiger partial charge in [0.1, 0.15) is 34.5 Å². The number of hydrogen-bond donors (Lipinski definition) is 6. The highest BCUT2D eigenvalue weighted by atomic mass is 16.3. The van der Waals surface area contributed by atoms with E-state index in [1.54, 1.807) is 0 Å². The van der Waals surface area contributed by atoms with Gasteiger partial charge < -0.3 is 30.6 Å². The Morgan fingerprint density at radius 3 is 0.727 bits per heavy atom. The van der Waals surface area contributed by atoms with Crippen LogP contribution in [0.1, 0.15) is 249 Å². The molecule has 416 valence electrons. The summed E-state index contributed by atoms with van der Waals surface area (Å²) in [5.74, 6) is 0.577. The first kappa shape index (κ1) is 60.4. The van der Waals surface area contributed by atoms with Crippen molar-refractivity contribution in [3.63, 3.8) is 0 Å². The average Bonchev–Trinajstić information content (AvgIpc) is 3.23. The fraction of sp³-hybridized carbons (Fsp3) is 0.493. The Balaban J connectivity index is 2.02. The summed E-state index contributed by atoms with van der Waals surface area (Å²) in [4.78, 5) is 0. The van der Waals surface area contributed by atoms with Gasteiger partial charge in [-0.15, -0.1) is 0 Å². The Hall–Kier alpha value is -5.88. The number of aromatic hydroxyl groups is 6. The van der Waals surface area contributed by atoms with Crippen molar-refractivity contribution < 1.29 is 30.6 Å². The predicted molar refractivity (Wildman–Crippen MR) is 323 cm³/mol. The molecule has 0 aromatic heterocycles. The third kappa shape index (κ3) is 11.8. The summed E-state index contributed by atoms with van der Waals surface area (Å²) in [5, 5.41) is 71.9. The van der Waals surface area contributed by atoms with Crippen LogP contribution in [0.25, 0.3) is 0 Å². The van der Waals surface area contributed by atoms with Crippen LogP contribution in [-0.4, -0.2) is 30.6 Å². The van der Waals surface area contributed by atoms with Gasteiger partial charge in [0.15, 0.2) is 0 Å². The molecule has 0 atom stereocenters. The van der Waals surface area contributed by atoms with Crippen LogP contribution in [0.2, 0.25) is 0 Å². The van der Waals surface area contributed by atoms with E-state index >= 15 is 0 Å². The molecule has 0 heterocycles. The minimum atomic E-state index is -1.06. The van der Waals surface area contributed by atoms with Crippen molar-refractivity contribution in [2.45, 2.75) is 229 Å². The van der Waals surface area contributed by atoms with Crippen LogP contribution in [0, 0.1) is 41.5 Å². The normalized spacial score (nSPS) is 13.3. The van der Waals surface area contributed by atoms with Crippen molar-refractivity contribution in [3.8, 4) is 34.5 Å². The number of rotatable bonds is 10. The van der Waals surface area contributed by atoms with E-state index in [0.717, 1.165) is 100 Å². The summed E-state index contributed by atoms with van der Waals surface area (Å²) in [6.45, 7) is 51.0. The summed E-state index contributed by atoms with van der Waals surface area (Å²) in [6.07, 6.45) is 1.06. The second-order valence-corrected chi connectivity index (χ2v) is 29.3. The highest BCUT2D eigenvalue weighted by molar-refractivity contribution is 5.64. The van der Waals surface area contributed by atoms with E-state index in [-0.39, 0.29) is 40.4 Å². The molecule has 77 heavy (non-hydrogen) atoms. The Morgan fingerprint density at radius 2 is 0.481 bits per heavy atom. The van der Waals surface area contributed by atoms with Crippen LogP contribution in [0.4, 0.5) is 0 Å². The number of aryl methyl sites for hydroxylation is 6. The molecular formula is C71H96O6. The van der Waals surface area contributed by atoms with Crippen LogP contribution >= 0.6 is 0 Å². The van der Waals surface area contributed by atoms with E-state index < -0.39 is 43.8 Å². The van der Waals surface area contributed by atoms with Crippen LogP contribution in [0.5, 0.6) is 34.5 Å². The first-order valence-corrected chi connectivity index (χ1v) is 28.0. The van der Waals surface area contributed by atoms with Crippen molar-refractivity contribution in [3.05, 3.63) is 173 Å². The average molecular weight is 1050 g/mol. The molecule has 0 bridgehead atoms. The van der Waals surface area contributed by atoms with Gasteiger partial charge in [-0.2, -0.15) is 0 Å². The molecule has 6 rings (SSSR count). The fourth-order valence-corrected chi connectivity index (χ4v) is 12.6. The second-order valence-electron chi connectivity index (χ2n) is 29.3. The maximum absolute atomic E-state index is 12.2. The van der Waals surface area contributed by atoms with Gasteiger partial charge in [0.2, 0.25) is 0 Å². The molecule has 0 radical (unpaired) electrons. The van der Waals surface area contributed by atoms with Gasteiger partial charge in [0.05, 0.1) is 0 Å². The Bertz CT molecular complexity index is 3000. The zero-order valence-corrected chi connectivity index (χ0v) is 51.7. The van der Waals surface area contributed by atoms with Crippen molar-refractivity contribution in [2.75, 3.05) is 0 Å². The molecule has 0 unspecified atom stereocenters. The zero-order chi connectivity index (χ0) is 58.4. The molecule has 0 saturated carbocycles. The third-order valence-electron chi connectivity index (χ3n) is 16.7. The molecule has 0 fully saturated rings.